The minimum Gasteiger partial charge on any atom is -0.496 e. The van der Waals surface area contributed by atoms with Crippen LogP contribution in [-0.4, -0.2) is 48.2 Å². The number of ether oxygens (including phenoxy) is 2. The van der Waals surface area contributed by atoms with Gasteiger partial charge >= 0.3 is 5.97 Å². The maximum Gasteiger partial charge on any atom is 0.341 e. The number of methoxy groups -OCH3 is 2. The van der Waals surface area contributed by atoms with Crippen molar-refractivity contribution in [3.8, 4) is 5.75 Å². The first-order chi connectivity index (χ1) is 11.5. The highest BCUT2D eigenvalue weighted by Gasteiger charge is 2.21. The van der Waals surface area contributed by atoms with Gasteiger partial charge in [-0.3, -0.25) is 0 Å². The van der Waals surface area contributed by atoms with Gasteiger partial charge in [-0.2, -0.15) is 0 Å². The van der Waals surface area contributed by atoms with E-state index in [2.05, 4.69) is 14.8 Å². The summed E-state index contributed by atoms with van der Waals surface area (Å²) in [5, 5.41) is 3.31. The van der Waals surface area contributed by atoms with Crippen LogP contribution in [0.3, 0.4) is 0 Å². The number of nitrogens with one attached hydrogen (secondary N) is 2. The van der Waals surface area contributed by atoms with Crippen LogP contribution in [0, 0.1) is 5.92 Å². The number of rotatable bonds is 7. The molecule has 7 nitrogen and oxygen atoms in total. The second kappa shape index (κ2) is 8.46. The van der Waals surface area contributed by atoms with Crippen molar-refractivity contribution >= 4 is 16.0 Å². The Balaban J connectivity index is 2.06. The highest BCUT2D eigenvalue weighted by Crippen LogP contribution is 2.23. The van der Waals surface area contributed by atoms with Gasteiger partial charge in [-0.15, -0.1) is 0 Å². The summed E-state index contributed by atoms with van der Waals surface area (Å²) in [6.45, 7) is 2.33. The molecular weight excluding hydrogens is 332 g/mol. The van der Waals surface area contributed by atoms with Gasteiger partial charge in [0.25, 0.3) is 0 Å². The number of hydrogen-bond acceptors (Lipinski definition) is 6. The normalized spacial score (nSPS) is 18.2. The molecule has 1 saturated heterocycles. The lowest BCUT2D eigenvalue weighted by Crippen LogP contribution is -2.33. The maximum absolute atomic E-state index is 12.4. The average Bonchev–Trinajstić information content (AvgIpc) is 2.61. The van der Waals surface area contributed by atoms with Gasteiger partial charge in [-0.25, -0.2) is 17.9 Å². The minimum atomic E-state index is -3.68. The summed E-state index contributed by atoms with van der Waals surface area (Å²) in [7, 11) is -1.04. The van der Waals surface area contributed by atoms with Gasteiger partial charge in [0, 0.05) is 6.54 Å². The van der Waals surface area contributed by atoms with Crippen LogP contribution in [0.2, 0.25) is 0 Å². The topological polar surface area (TPSA) is 93.7 Å². The fourth-order valence-electron chi connectivity index (χ4n) is 2.77. The first-order valence-electron chi connectivity index (χ1n) is 7.94. The van der Waals surface area contributed by atoms with Crippen molar-refractivity contribution in [1.29, 1.82) is 0 Å². The highest BCUT2D eigenvalue weighted by molar-refractivity contribution is 7.89. The number of sulfonamides is 1. The van der Waals surface area contributed by atoms with E-state index in [9.17, 15) is 13.2 Å². The largest absolute Gasteiger partial charge is 0.496 e. The van der Waals surface area contributed by atoms with Crippen LogP contribution in [0.1, 0.15) is 29.6 Å². The van der Waals surface area contributed by atoms with Crippen LogP contribution in [0.25, 0.3) is 0 Å². The van der Waals surface area contributed by atoms with Gasteiger partial charge in [0.15, 0.2) is 0 Å². The molecule has 0 amide bonds. The lowest BCUT2D eigenvalue weighted by atomic mass is 9.96. The quantitative estimate of drug-likeness (QED) is 0.712. The standard InChI is InChI=1S/C16H24N2O5S/c1-22-15-6-5-13(10-14(15)16(19)23-2)24(20,21)18-9-7-12-4-3-8-17-11-12/h5-6,10,12,17-18H,3-4,7-9,11H2,1-2H3. The van der Waals surface area contributed by atoms with E-state index in [1.165, 1.54) is 32.4 Å². The lowest BCUT2D eigenvalue weighted by molar-refractivity contribution is 0.0597. The average molecular weight is 356 g/mol. The Morgan fingerprint density at radius 3 is 2.79 bits per heavy atom. The Morgan fingerprint density at radius 2 is 2.17 bits per heavy atom. The van der Waals surface area contributed by atoms with E-state index in [1.54, 1.807) is 0 Å². The van der Waals surface area contributed by atoms with Gasteiger partial charge in [-0.05, 0) is 56.5 Å². The molecule has 2 rings (SSSR count). The Kier molecular flexibility index (Phi) is 6.59. The Labute approximate surface area is 142 Å². The number of esters is 1. The van der Waals surface area contributed by atoms with Crippen molar-refractivity contribution < 1.29 is 22.7 Å². The molecule has 1 aromatic carbocycles. The fourth-order valence-corrected chi connectivity index (χ4v) is 3.85. The molecule has 0 aliphatic carbocycles. The number of piperidine rings is 1. The first-order valence-corrected chi connectivity index (χ1v) is 9.43. The molecule has 1 unspecified atom stereocenters. The number of carbonyl (C=O) groups excluding carboxylic acids is 1. The van der Waals surface area contributed by atoms with Crippen molar-refractivity contribution in [2.24, 2.45) is 5.92 Å². The molecule has 24 heavy (non-hydrogen) atoms. The molecule has 0 saturated carbocycles. The number of carbonyl (C=O) groups is 1. The Hall–Kier alpha value is -1.64. The SMILES string of the molecule is COC(=O)c1cc(S(=O)(=O)NCCC2CCCNC2)ccc1OC. The van der Waals surface area contributed by atoms with E-state index >= 15 is 0 Å². The van der Waals surface area contributed by atoms with Gasteiger partial charge < -0.3 is 14.8 Å². The second-order valence-electron chi connectivity index (χ2n) is 5.75. The summed E-state index contributed by atoms with van der Waals surface area (Å²) in [5.74, 6) is 0.120. The van der Waals surface area contributed by atoms with Crippen LogP contribution in [0.15, 0.2) is 23.1 Å². The number of benzene rings is 1. The second-order valence-corrected chi connectivity index (χ2v) is 7.52. The van der Waals surface area contributed by atoms with Crippen LogP contribution < -0.4 is 14.8 Å². The third-order valence-electron chi connectivity index (χ3n) is 4.13. The molecule has 1 fully saturated rings. The lowest BCUT2D eigenvalue weighted by Gasteiger charge is -2.22. The molecule has 1 aliphatic rings. The zero-order chi connectivity index (χ0) is 17.6. The van der Waals surface area contributed by atoms with Gasteiger partial charge in [-0.1, -0.05) is 0 Å². The van der Waals surface area contributed by atoms with Crippen molar-refractivity contribution in [1.82, 2.24) is 10.0 Å². The van der Waals surface area contributed by atoms with E-state index in [1.807, 2.05) is 0 Å². The van der Waals surface area contributed by atoms with Crippen LogP contribution in [-0.2, 0) is 14.8 Å². The summed E-state index contributed by atoms with van der Waals surface area (Å²) in [4.78, 5) is 11.8. The smallest absolute Gasteiger partial charge is 0.341 e. The molecule has 2 N–H and O–H groups in total. The summed E-state index contributed by atoms with van der Waals surface area (Å²) < 4.78 is 37.2. The van der Waals surface area contributed by atoms with E-state index < -0.39 is 16.0 Å². The van der Waals surface area contributed by atoms with E-state index in [0.29, 0.717) is 12.5 Å². The number of hydrogen-bond donors (Lipinski definition) is 2. The summed E-state index contributed by atoms with van der Waals surface area (Å²) in [5.41, 5.74) is 0.0827. The summed E-state index contributed by atoms with van der Waals surface area (Å²) in [6, 6.07) is 4.14. The molecular formula is C16H24N2O5S. The molecule has 0 spiro atoms. The van der Waals surface area contributed by atoms with Gasteiger partial charge in [0.05, 0.1) is 19.1 Å². The molecule has 1 aromatic rings. The van der Waals surface area contributed by atoms with Crippen LogP contribution in [0.4, 0.5) is 0 Å². The molecule has 0 aromatic heterocycles. The van der Waals surface area contributed by atoms with E-state index in [0.717, 1.165) is 32.4 Å². The Bertz CT molecular complexity index is 669. The van der Waals surface area contributed by atoms with E-state index in [-0.39, 0.29) is 16.2 Å². The molecule has 1 aliphatic heterocycles. The monoisotopic (exact) mass is 356 g/mol. The Morgan fingerprint density at radius 1 is 1.38 bits per heavy atom. The molecule has 0 radical (unpaired) electrons. The van der Waals surface area contributed by atoms with Crippen molar-refractivity contribution in [3.05, 3.63) is 23.8 Å². The molecule has 1 heterocycles. The molecule has 1 atom stereocenters. The third-order valence-corrected chi connectivity index (χ3v) is 5.59. The predicted octanol–water partition coefficient (Wildman–Crippen LogP) is 1.15. The first kappa shape index (κ1) is 18.7. The maximum atomic E-state index is 12.4. The van der Waals surface area contributed by atoms with Crippen LogP contribution in [0.5, 0.6) is 5.75 Å². The zero-order valence-electron chi connectivity index (χ0n) is 14.0. The fraction of sp³-hybridized carbons (Fsp3) is 0.562. The van der Waals surface area contributed by atoms with Crippen molar-refractivity contribution in [2.75, 3.05) is 33.9 Å². The van der Waals surface area contributed by atoms with Crippen molar-refractivity contribution in [2.45, 2.75) is 24.2 Å². The third kappa shape index (κ3) is 4.68. The summed E-state index contributed by atoms with van der Waals surface area (Å²) >= 11 is 0. The zero-order valence-corrected chi connectivity index (χ0v) is 14.8. The van der Waals surface area contributed by atoms with Crippen molar-refractivity contribution in [3.63, 3.8) is 0 Å². The van der Waals surface area contributed by atoms with Crippen LogP contribution >= 0.6 is 0 Å². The molecule has 0 bridgehead atoms. The molecule has 8 heteroatoms. The van der Waals surface area contributed by atoms with Gasteiger partial charge in [0.1, 0.15) is 11.3 Å². The molecule has 134 valence electrons. The predicted molar refractivity (Wildman–Crippen MR) is 89.7 cm³/mol. The highest BCUT2D eigenvalue weighted by atomic mass is 32.2. The van der Waals surface area contributed by atoms with E-state index in [4.69, 9.17) is 4.74 Å². The minimum absolute atomic E-state index is 0.0190. The van der Waals surface area contributed by atoms with Gasteiger partial charge in [0.2, 0.25) is 10.0 Å². The summed E-state index contributed by atoms with van der Waals surface area (Å²) in [6.07, 6.45) is 3.02.